The molecule has 11 aromatic rings. The Labute approximate surface area is 324 Å². The molecule has 56 heavy (non-hydrogen) atoms. The highest BCUT2D eigenvalue weighted by Crippen LogP contribution is 2.54. The number of rotatable bonds is 3. The molecule has 2 nitrogen and oxygen atoms in total. The van der Waals surface area contributed by atoms with Crippen LogP contribution in [0.3, 0.4) is 0 Å². The lowest BCUT2D eigenvalue weighted by Crippen LogP contribution is -2.11. The summed E-state index contributed by atoms with van der Waals surface area (Å²) in [7, 11) is 0. The molecule has 0 aliphatic carbocycles. The predicted molar refractivity (Wildman–Crippen MR) is 238 cm³/mol. The first-order valence-electron chi connectivity index (χ1n) is 19.4. The van der Waals surface area contributed by atoms with Gasteiger partial charge in [0, 0.05) is 33.3 Å². The van der Waals surface area contributed by atoms with Crippen LogP contribution in [0.15, 0.2) is 206 Å². The molecule has 1 aliphatic heterocycles. The van der Waals surface area contributed by atoms with Crippen molar-refractivity contribution in [3.05, 3.63) is 206 Å². The number of hydrogen-bond acceptors (Lipinski definition) is 1. The Hall–Kier alpha value is -7.42. The fraction of sp³-hybridized carbons (Fsp3) is 0. The molecule has 1 aromatic heterocycles. The molecular weight excluding hydrogens is 677 g/mol. The summed E-state index contributed by atoms with van der Waals surface area (Å²) in [5.41, 5.74) is 14.4. The van der Waals surface area contributed by atoms with Crippen molar-refractivity contribution in [2.75, 3.05) is 4.90 Å². The summed E-state index contributed by atoms with van der Waals surface area (Å²) >= 11 is 0. The van der Waals surface area contributed by atoms with Crippen LogP contribution in [0, 0.1) is 0 Å². The third kappa shape index (κ3) is 4.44. The molecule has 0 saturated heterocycles. The van der Waals surface area contributed by atoms with Crippen LogP contribution in [0.25, 0.3) is 93.2 Å². The van der Waals surface area contributed by atoms with E-state index in [1.54, 1.807) is 0 Å². The molecule has 0 amide bonds. The molecule has 0 unspecified atom stereocenters. The van der Waals surface area contributed by atoms with Gasteiger partial charge < -0.3 is 9.47 Å². The summed E-state index contributed by atoms with van der Waals surface area (Å²) < 4.78 is 2.45. The molecule has 1 aliphatic rings. The van der Waals surface area contributed by atoms with Gasteiger partial charge in [-0.15, -0.1) is 0 Å². The zero-order valence-electron chi connectivity index (χ0n) is 30.5. The van der Waals surface area contributed by atoms with Gasteiger partial charge in [0.25, 0.3) is 0 Å². The summed E-state index contributed by atoms with van der Waals surface area (Å²) in [4.78, 5) is 2.49. The molecule has 0 N–H and O–H groups in total. The minimum atomic E-state index is 1.14. The van der Waals surface area contributed by atoms with Crippen LogP contribution in [-0.4, -0.2) is 4.57 Å². The van der Waals surface area contributed by atoms with Gasteiger partial charge in [-0.05, 0) is 103 Å². The lowest BCUT2D eigenvalue weighted by Gasteiger charge is -2.28. The summed E-state index contributed by atoms with van der Waals surface area (Å²) in [5, 5.41) is 10.2. The monoisotopic (exact) mass is 710 g/mol. The van der Waals surface area contributed by atoms with Gasteiger partial charge >= 0.3 is 0 Å². The largest absolute Gasteiger partial charge is 0.309 e. The molecule has 10 aromatic carbocycles. The van der Waals surface area contributed by atoms with E-state index in [1.165, 1.54) is 98.9 Å². The maximum atomic E-state index is 2.49. The third-order valence-corrected chi connectivity index (χ3v) is 11.9. The molecule has 260 valence electrons. The first-order chi connectivity index (χ1) is 27.8. The van der Waals surface area contributed by atoms with Crippen LogP contribution < -0.4 is 4.90 Å². The van der Waals surface area contributed by atoms with Crippen molar-refractivity contribution in [1.29, 1.82) is 0 Å². The molecule has 0 bridgehead atoms. The Balaban J connectivity index is 1.08. The van der Waals surface area contributed by atoms with Gasteiger partial charge in [0.1, 0.15) is 0 Å². The van der Waals surface area contributed by atoms with Crippen LogP contribution in [0.5, 0.6) is 0 Å². The quantitative estimate of drug-likeness (QED) is 0.166. The van der Waals surface area contributed by atoms with Crippen LogP contribution >= 0.6 is 0 Å². The van der Waals surface area contributed by atoms with Crippen LogP contribution in [0.2, 0.25) is 0 Å². The summed E-state index contributed by atoms with van der Waals surface area (Å²) in [6.45, 7) is 0. The average molecular weight is 711 g/mol. The standard InChI is InChI=1S/C54H34N2/c1-2-14-37(15-3-1)56-50-24-12-10-22-46(50)42-19-7-8-20-43(42)47-32-33-52-53(54(47)56)48-23-11-13-25-51(48)55(52)38-29-26-35(27-30-38)36-28-31-45-41-18-5-4-16-39(41)40-17-6-9-21-44(40)49(45)34-36/h1-34H. The van der Waals surface area contributed by atoms with E-state index in [1.807, 2.05) is 0 Å². The van der Waals surface area contributed by atoms with E-state index >= 15 is 0 Å². The van der Waals surface area contributed by atoms with E-state index in [0.717, 1.165) is 11.4 Å². The van der Waals surface area contributed by atoms with Crippen molar-refractivity contribution in [3.8, 4) is 39.1 Å². The zero-order chi connectivity index (χ0) is 36.7. The van der Waals surface area contributed by atoms with E-state index in [-0.39, 0.29) is 0 Å². The summed E-state index contributed by atoms with van der Waals surface area (Å²) in [5.74, 6) is 0. The van der Waals surface area contributed by atoms with Crippen molar-refractivity contribution in [1.82, 2.24) is 4.57 Å². The fourth-order valence-electron chi connectivity index (χ4n) is 9.48. The lowest BCUT2D eigenvalue weighted by atomic mass is 9.92. The molecule has 0 radical (unpaired) electrons. The van der Waals surface area contributed by atoms with Gasteiger partial charge in [-0.1, -0.05) is 158 Å². The van der Waals surface area contributed by atoms with Gasteiger partial charge in [0.05, 0.1) is 22.4 Å². The number of anilines is 3. The molecule has 0 fully saturated rings. The fourth-order valence-corrected chi connectivity index (χ4v) is 9.48. The molecule has 0 spiro atoms. The highest BCUT2D eigenvalue weighted by Gasteiger charge is 2.29. The third-order valence-electron chi connectivity index (χ3n) is 11.9. The Bertz CT molecular complexity index is 3320. The molecule has 0 saturated carbocycles. The minimum absolute atomic E-state index is 1.14. The Morgan fingerprint density at radius 1 is 0.286 bits per heavy atom. The maximum Gasteiger partial charge on any atom is 0.0640 e. The molecule has 12 rings (SSSR count). The maximum absolute atomic E-state index is 2.49. The van der Waals surface area contributed by atoms with Crippen LogP contribution in [0.1, 0.15) is 0 Å². The van der Waals surface area contributed by atoms with Crippen molar-refractivity contribution < 1.29 is 0 Å². The first kappa shape index (κ1) is 31.0. The van der Waals surface area contributed by atoms with E-state index in [4.69, 9.17) is 0 Å². The second-order valence-corrected chi connectivity index (χ2v) is 14.8. The average Bonchev–Trinajstić information content (AvgIpc) is 3.55. The van der Waals surface area contributed by atoms with E-state index < -0.39 is 0 Å². The predicted octanol–water partition coefficient (Wildman–Crippen LogP) is 15.0. The molecule has 2 heteroatoms. The number of para-hydroxylation sites is 3. The Morgan fingerprint density at radius 3 is 1.54 bits per heavy atom. The highest BCUT2D eigenvalue weighted by atomic mass is 15.2. The minimum Gasteiger partial charge on any atom is -0.309 e. The number of nitrogens with zero attached hydrogens (tertiary/aromatic N) is 2. The van der Waals surface area contributed by atoms with Crippen LogP contribution in [-0.2, 0) is 0 Å². The van der Waals surface area contributed by atoms with Gasteiger partial charge in [-0.3, -0.25) is 0 Å². The first-order valence-corrected chi connectivity index (χ1v) is 19.4. The highest BCUT2D eigenvalue weighted by molar-refractivity contribution is 6.26. The van der Waals surface area contributed by atoms with E-state index in [0.29, 0.717) is 0 Å². The smallest absolute Gasteiger partial charge is 0.0640 e. The van der Waals surface area contributed by atoms with Crippen molar-refractivity contribution in [2.24, 2.45) is 0 Å². The Morgan fingerprint density at radius 2 is 0.821 bits per heavy atom. The van der Waals surface area contributed by atoms with E-state index in [2.05, 4.69) is 216 Å². The second-order valence-electron chi connectivity index (χ2n) is 14.8. The van der Waals surface area contributed by atoms with Gasteiger partial charge in [0.2, 0.25) is 0 Å². The Kier molecular flexibility index (Phi) is 6.66. The topological polar surface area (TPSA) is 8.17 Å². The normalized spacial score (nSPS) is 12.2. The number of fused-ring (bicyclic) bond motifs is 15. The molecule has 2 heterocycles. The molecular formula is C54H34N2. The van der Waals surface area contributed by atoms with Gasteiger partial charge in [0.15, 0.2) is 0 Å². The SMILES string of the molecule is c1ccc(N2c3ccccc3-c3ccccc3-c3ccc4c(c32)c2ccccc2n4-c2ccc(-c3ccc4c5ccccc5c5ccccc5c4c3)cc2)cc1. The van der Waals surface area contributed by atoms with Crippen molar-refractivity contribution in [3.63, 3.8) is 0 Å². The van der Waals surface area contributed by atoms with Gasteiger partial charge in [-0.25, -0.2) is 0 Å². The van der Waals surface area contributed by atoms with Crippen LogP contribution in [0.4, 0.5) is 17.1 Å². The lowest BCUT2D eigenvalue weighted by molar-refractivity contribution is 1.18. The summed E-state index contributed by atoms with van der Waals surface area (Å²) in [6, 6.07) is 75.8. The summed E-state index contributed by atoms with van der Waals surface area (Å²) in [6.07, 6.45) is 0. The van der Waals surface area contributed by atoms with Crippen molar-refractivity contribution >= 4 is 71.2 Å². The molecule has 0 atom stereocenters. The van der Waals surface area contributed by atoms with Crippen molar-refractivity contribution in [2.45, 2.75) is 0 Å². The zero-order valence-corrected chi connectivity index (χ0v) is 30.5. The second kappa shape index (κ2) is 12.0. The van der Waals surface area contributed by atoms with Gasteiger partial charge in [-0.2, -0.15) is 0 Å². The number of aromatic nitrogens is 1. The number of hydrogen-bond donors (Lipinski definition) is 0. The van der Waals surface area contributed by atoms with E-state index in [9.17, 15) is 0 Å². The number of benzene rings is 10.